The highest BCUT2D eigenvalue weighted by atomic mass is 14.9. The third-order valence-corrected chi connectivity index (χ3v) is 3.57. The Bertz CT molecular complexity index is 281. The molecule has 0 aliphatic carbocycles. The highest BCUT2D eigenvalue weighted by molar-refractivity contribution is 5.14. The lowest BCUT2D eigenvalue weighted by Gasteiger charge is -2.22. The van der Waals surface area contributed by atoms with Gasteiger partial charge in [-0.05, 0) is 36.8 Å². The fraction of sp³-hybridized carbons (Fsp3) is 0.562. The Morgan fingerprint density at radius 1 is 1.24 bits per heavy atom. The summed E-state index contributed by atoms with van der Waals surface area (Å²) in [5, 5.41) is 3.58. The van der Waals surface area contributed by atoms with E-state index >= 15 is 0 Å². The van der Waals surface area contributed by atoms with Crippen LogP contribution in [-0.4, -0.2) is 6.54 Å². The first-order valence-electron chi connectivity index (χ1n) is 6.80. The monoisotopic (exact) mass is 232 g/mol. The molecule has 0 amide bonds. The van der Waals surface area contributed by atoms with Gasteiger partial charge in [0.15, 0.2) is 0 Å². The van der Waals surface area contributed by atoms with E-state index in [1.54, 1.807) is 0 Å². The minimum atomic E-state index is 0.772. The van der Waals surface area contributed by atoms with Crippen molar-refractivity contribution in [1.29, 1.82) is 0 Å². The summed E-state index contributed by atoms with van der Waals surface area (Å²) in [6, 6.07) is 10.6. The number of nitrogens with one attached hydrogen (secondary N) is 1. The van der Waals surface area contributed by atoms with Crippen LogP contribution in [0, 0.1) is 18.3 Å². The van der Waals surface area contributed by atoms with Crippen molar-refractivity contribution in [3.05, 3.63) is 42.3 Å². The van der Waals surface area contributed by atoms with Crippen LogP contribution in [0.4, 0.5) is 0 Å². The minimum Gasteiger partial charge on any atom is -0.312 e. The van der Waals surface area contributed by atoms with Gasteiger partial charge in [0.05, 0.1) is 0 Å². The Balaban J connectivity index is 2.32. The molecule has 0 heterocycles. The smallest absolute Gasteiger partial charge is 0.0205 e. The summed E-state index contributed by atoms with van der Waals surface area (Å²) in [7, 11) is 0. The molecule has 0 saturated heterocycles. The number of rotatable bonds is 8. The first-order valence-corrected chi connectivity index (χ1v) is 6.80. The molecule has 0 fully saturated rings. The third kappa shape index (κ3) is 5.36. The van der Waals surface area contributed by atoms with Crippen LogP contribution in [0.25, 0.3) is 0 Å². The molecule has 1 aromatic carbocycles. The largest absolute Gasteiger partial charge is 0.312 e. The van der Waals surface area contributed by atoms with Crippen LogP contribution in [-0.2, 0) is 6.54 Å². The highest BCUT2D eigenvalue weighted by Crippen LogP contribution is 2.19. The van der Waals surface area contributed by atoms with Gasteiger partial charge in [-0.15, -0.1) is 0 Å². The van der Waals surface area contributed by atoms with Gasteiger partial charge in [0, 0.05) is 6.54 Å². The summed E-state index contributed by atoms with van der Waals surface area (Å²) in [4.78, 5) is 0. The van der Waals surface area contributed by atoms with Crippen molar-refractivity contribution in [3.63, 3.8) is 0 Å². The molecule has 2 unspecified atom stereocenters. The molecule has 2 atom stereocenters. The lowest BCUT2D eigenvalue weighted by atomic mass is 9.88. The quantitative estimate of drug-likeness (QED) is 0.713. The van der Waals surface area contributed by atoms with Crippen molar-refractivity contribution in [3.8, 4) is 0 Å². The number of hydrogen-bond donors (Lipinski definition) is 1. The first kappa shape index (κ1) is 14.2. The van der Waals surface area contributed by atoms with Gasteiger partial charge in [0.25, 0.3) is 0 Å². The standard InChI is InChI=1S/C16H26N/c1-4-9-16(14(3)5-2)13-17-12-15-10-7-6-8-11-15/h4,6-8,10-11,14,16-17H,5,9,12-13H2,1-3H3. The Labute approximate surface area is 107 Å². The van der Waals surface area contributed by atoms with E-state index in [1.165, 1.54) is 18.4 Å². The lowest BCUT2D eigenvalue weighted by Crippen LogP contribution is -2.26. The summed E-state index contributed by atoms with van der Waals surface area (Å²) < 4.78 is 0. The van der Waals surface area contributed by atoms with Gasteiger partial charge in [-0.25, -0.2) is 0 Å². The molecule has 0 spiro atoms. The second-order valence-corrected chi connectivity index (χ2v) is 4.91. The lowest BCUT2D eigenvalue weighted by molar-refractivity contribution is 0.327. The fourth-order valence-electron chi connectivity index (χ4n) is 2.15. The predicted molar refractivity (Wildman–Crippen MR) is 75.7 cm³/mol. The average Bonchev–Trinajstić information content (AvgIpc) is 2.38. The maximum Gasteiger partial charge on any atom is 0.0205 e. The summed E-state index contributed by atoms with van der Waals surface area (Å²) in [6.07, 6.45) is 4.78. The molecule has 1 rings (SSSR count). The van der Waals surface area contributed by atoms with Gasteiger partial charge >= 0.3 is 0 Å². The Kier molecular flexibility index (Phi) is 6.95. The molecule has 1 nitrogen and oxygen atoms in total. The van der Waals surface area contributed by atoms with Crippen molar-refractivity contribution in [1.82, 2.24) is 5.32 Å². The highest BCUT2D eigenvalue weighted by Gasteiger charge is 2.14. The molecule has 0 aromatic heterocycles. The first-order chi connectivity index (χ1) is 8.27. The van der Waals surface area contributed by atoms with Crippen LogP contribution in [0.15, 0.2) is 30.3 Å². The maximum atomic E-state index is 3.58. The van der Waals surface area contributed by atoms with E-state index in [4.69, 9.17) is 0 Å². The van der Waals surface area contributed by atoms with Gasteiger partial charge in [0.2, 0.25) is 0 Å². The van der Waals surface area contributed by atoms with Crippen molar-refractivity contribution < 1.29 is 0 Å². The molecular weight excluding hydrogens is 206 g/mol. The van der Waals surface area contributed by atoms with Crippen LogP contribution < -0.4 is 5.32 Å². The maximum absolute atomic E-state index is 3.58. The van der Waals surface area contributed by atoms with E-state index in [2.05, 4.69) is 62.8 Å². The number of hydrogen-bond acceptors (Lipinski definition) is 1. The Hall–Kier alpha value is -0.820. The minimum absolute atomic E-state index is 0.772. The van der Waals surface area contributed by atoms with Gasteiger partial charge in [0.1, 0.15) is 0 Å². The zero-order chi connectivity index (χ0) is 12.5. The fourth-order valence-corrected chi connectivity index (χ4v) is 2.15. The van der Waals surface area contributed by atoms with E-state index in [0.29, 0.717) is 0 Å². The summed E-state index contributed by atoms with van der Waals surface area (Å²) in [6.45, 7) is 8.90. The number of benzene rings is 1. The van der Waals surface area contributed by atoms with Gasteiger partial charge in [-0.2, -0.15) is 0 Å². The molecule has 1 radical (unpaired) electrons. The van der Waals surface area contributed by atoms with Crippen LogP contribution >= 0.6 is 0 Å². The van der Waals surface area contributed by atoms with E-state index in [-0.39, 0.29) is 0 Å². The van der Waals surface area contributed by atoms with Crippen LogP contribution in [0.2, 0.25) is 0 Å². The topological polar surface area (TPSA) is 12.0 Å². The molecule has 0 aliphatic heterocycles. The second kappa shape index (κ2) is 8.30. The van der Waals surface area contributed by atoms with Crippen molar-refractivity contribution >= 4 is 0 Å². The third-order valence-electron chi connectivity index (χ3n) is 3.57. The van der Waals surface area contributed by atoms with Gasteiger partial charge < -0.3 is 5.32 Å². The van der Waals surface area contributed by atoms with Crippen molar-refractivity contribution in [2.45, 2.75) is 40.2 Å². The van der Waals surface area contributed by atoms with Crippen LogP contribution in [0.3, 0.4) is 0 Å². The van der Waals surface area contributed by atoms with E-state index < -0.39 is 0 Å². The molecule has 0 bridgehead atoms. The molecule has 1 aromatic rings. The summed E-state index contributed by atoms with van der Waals surface area (Å²) in [5.74, 6) is 1.57. The summed E-state index contributed by atoms with van der Waals surface area (Å²) in [5.41, 5.74) is 1.37. The normalized spacial score (nSPS) is 14.5. The SMILES string of the molecule is C[CH]CC(CNCc1ccccc1)C(C)CC. The second-order valence-electron chi connectivity index (χ2n) is 4.91. The predicted octanol–water partition coefficient (Wildman–Crippen LogP) is 4.05. The molecule has 17 heavy (non-hydrogen) atoms. The van der Waals surface area contributed by atoms with Gasteiger partial charge in [-0.3, -0.25) is 0 Å². The molecule has 0 saturated carbocycles. The van der Waals surface area contributed by atoms with Gasteiger partial charge in [-0.1, -0.05) is 57.5 Å². The van der Waals surface area contributed by atoms with E-state index in [1.807, 2.05) is 0 Å². The molecule has 1 heteroatoms. The molecule has 0 aliphatic rings. The van der Waals surface area contributed by atoms with Crippen molar-refractivity contribution in [2.24, 2.45) is 11.8 Å². The van der Waals surface area contributed by atoms with Crippen molar-refractivity contribution in [2.75, 3.05) is 6.54 Å². The van der Waals surface area contributed by atoms with E-state index in [0.717, 1.165) is 24.9 Å². The molecule has 95 valence electrons. The Morgan fingerprint density at radius 3 is 2.53 bits per heavy atom. The zero-order valence-electron chi connectivity index (χ0n) is 11.4. The molecular formula is C16H26N. The average molecular weight is 232 g/mol. The molecule has 1 N–H and O–H groups in total. The zero-order valence-corrected chi connectivity index (χ0v) is 11.4. The van der Waals surface area contributed by atoms with Crippen LogP contribution in [0.1, 0.15) is 39.2 Å². The summed E-state index contributed by atoms with van der Waals surface area (Å²) >= 11 is 0. The van der Waals surface area contributed by atoms with E-state index in [9.17, 15) is 0 Å². The Morgan fingerprint density at radius 2 is 1.94 bits per heavy atom. The van der Waals surface area contributed by atoms with Crippen LogP contribution in [0.5, 0.6) is 0 Å².